The fourth-order valence-corrected chi connectivity index (χ4v) is 12.4. The van der Waals surface area contributed by atoms with E-state index in [1.807, 2.05) is 0 Å². The molecule has 0 N–H and O–H groups in total. The van der Waals surface area contributed by atoms with Crippen LogP contribution in [0.25, 0.3) is 0 Å². The number of hydrogen-bond acceptors (Lipinski definition) is 8. The molecule has 0 fully saturated rings. The highest BCUT2D eigenvalue weighted by Crippen LogP contribution is 2.18. The average Bonchev–Trinajstić information content (AvgIpc) is 3.48. The molecule has 0 saturated heterocycles. The minimum Gasteiger partial charge on any atom is -0.297 e. The smallest absolute Gasteiger partial charge is 0.0237 e. The summed E-state index contributed by atoms with van der Waals surface area (Å²) >= 11 is 0. The van der Waals surface area contributed by atoms with Crippen LogP contribution in [-0.2, 0) is 65.4 Å². The molecular formula is C84H98N8. The zero-order valence-corrected chi connectivity index (χ0v) is 54.4. The van der Waals surface area contributed by atoms with Gasteiger partial charge in [0.2, 0.25) is 0 Å². The monoisotopic (exact) mass is 1220 g/mol. The molecule has 0 heterocycles. The summed E-state index contributed by atoms with van der Waals surface area (Å²) in [7, 11) is 0. The normalized spacial score (nSPS) is 11.8. The first kappa shape index (κ1) is 66.8. The van der Waals surface area contributed by atoms with Crippen LogP contribution in [0.15, 0.2) is 303 Å². The highest BCUT2D eigenvalue weighted by molar-refractivity contribution is 5.22. The molecule has 8 heteroatoms. The first-order valence-electron chi connectivity index (χ1n) is 33.7. The minimum atomic E-state index is 0.906. The van der Waals surface area contributed by atoms with E-state index in [-0.39, 0.29) is 0 Å². The van der Waals surface area contributed by atoms with Gasteiger partial charge in [0, 0.05) is 157 Å². The van der Waals surface area contributed by atoms with Crippen LogP contribution in [0.2, 0.25) is 0 Å². The van der Waals surface area contributed by atoms with Gasteiger partial charge in [-0.2, -0.15) is 0 Å². The Kier molecular flexibility index (Phi) is 28.1. The van der Waals surface area contributed by atoms with E-state index in [9.17, 15) is 0 Å². The Balaban J connectivity index is 0.844. The molecule has 0 aliphatic heterocycles. The Morgan fingerprint density at radius 3 is 0.304 bits per heavy atom. The molecule has 10 aromatic rings. The summed E-state index contributed by atoms with van der Waals surface area (Å²) in [6.07, 6.45) is 0. The van der Waals surface area contributed by atoms with Crippen molar-refractivity contribution in [3.63, 3.8) is 0 Å². The van der Waals surface area contributed by atoms with Crippen molar-refractivity contribution in [2.75, 3.05) is 91.6 Å². The third-order valence-corrected chi connectivity index (χ3v) is 17.6. The van der Waals surface area contributed by atoms with Crippen molar-refractivity contribution >= 4 is 0 Å². The summed E-state index contributed by atoms with van der Waals surface area (Å²) < 4.78 is 0. The lowest BCUT2D eigenvalue weighted by molar-refractivity contribution is 0.130. The van der Waals surface area contributed by atoms with Crippen molar-refractivity contribution in [3.8, 4) is 0 Å². The summed E-state index contributed by atoms with van der Waals surface area (Å²) in [5.74, 6) is 0. The minimum absolute atomic E-state index is 0.906. The van der Waals surface area contributed by atoms with Gasteiger partial charge in [0.1, 0.15) is 0 Å². The Morgan fingerprint density at radius 1 is 0.109 bits per heavy atom. The molecule has 0 spiro atoms. The van der Waals surface area contributed by atoms with Gasteiger partial charge in [0.15, 0.2) is 0 Å². The Labute approximate surface area is 552 Å². The lowest BCUT2D eigenvalue weighted by atomic mass is 10.1. The predicted molar refractivity (Wildman–Crippen MR) is 384 cm³/mol. The third-order valence-electron chi connectivity index (χ3n) is 17.6. The molecule has 0 atom stereocenters. The number of nitrogens with zero attached hydrogens (tertiary/aromatic N) is 8. The SMILES string of the molecule is c1ccc(CN(CCN(CCN(CCN(CCN(Cc2ccccc2)Cc2ccccc2)Cc2ccccc2)Cc2ccccc2)Cc2ccccc2)CCN(CCN(CCN(Cc2ccccc2)Cc2ccccc2)Cc2ccccc2)Cc2ccccc2)cc1. The maximum atomic E-state index is 2.74. The molecule has 10 aromatic carbocycles. The van der Waals surface area contributed by atoms with Gasteiger partial charge in [-0.05, 0) is 55.6 Å². The van der Waals surface area contributed by atoms with E-state index in [2.05, 4.69) is 343 Å². The van der Waals surface area contributed by atoms with E-state index in [1.165, 1.54) is 55.6 Å². The van der Waals surface area contributed by atoms with Gasteiger partial charge in [-0.15, -0.1) is 0 Å². The number of benzene rings is 10. The number of rotatable bonds is 41. The maximum Gasteiger partial charge on any atom is 0.0237 e. The van der Waals surface area contributed by atoms with Crippen LogP contribution >= 0.6 is 0 Å². The Hall–Kier alpha value is -8.12. The van der Waals surface area contributed by atoms with Crippen molar-refractivity contribution in [2.24, 2.45) is 0 Å². The molecule has 0 radical (unpaired) electrons. The van der Waals surface area contributed by atoms with Crippen molar-refractivity contribution in [3.05, 3.63) is 359 Å². The lowest BCUT2D eigenvalue weighted by Gasteiger charge is -2.33. The molecule has 0 unspecified atom stereocenters. The fraction of sp³-hybridized carbons (Fsp3) is 0.286. The van der Waals surface area contributed by atoms with Gasteiger partial charge < -0.3 is 0 Å². The van der Waals surface area contributed by atoms with Gasteiger partial charge in [0.05, 0.1) is 0 Å². The molecule has 8 nitrogen and oxygen atoms in total. The second kappa shape index (κ2) is 38.7. The number of hydrogen-bond donors (Lipinski definition) is 0. The van der Waals surface area contributed by atoms with Crippen molar-refractivity contribution in [1.29, 1.82) is 0 Å². The first-order chi connectivity index (χ1) is 45.5. The van der Waals surface area contributed by atoms with Crippen LogP contribution < -0.4 is 0 Å². The van der Waals surface area contributed by atoms with E-state index < -0.39 is 0 Å². The second-order valence-corrected chi connectivity index (χ2v) is 24.9. The summed E-state index contributed by atoms with van der Waals surface area (Å²) in [5.41, 5.74) is 13.6. The van der Waals surface area contributed by atoms with Crippen LogP contribution in [0.4, 0.5) is 0 Å². The molecular weight excluding hydrogens is 1120 g/mol. The van der Waals surface area contributed by atoms with Gasteiger partial charge in [0.25, 0.3) is 0 Å². The highest BCUT2D eigenvalue weighted by Gasteiger charge is 2.20. The highest BCUT2D eigenvalue weighted by atomic mass is 15.3. The largest absolute Gasteiger partial charge is 0.297 e. The van der Waals surface area contributed by atoms with Gasteiger partial charge in [-0.3, -0.25) is 39.2 Å². The van der Waals surface area contributed by atoms with Crippen molar-refractivity contribution in [1.82, 2.24) is 39.2 Å². The van der Waals surface area contributed by atoms with E-state index >= 15 is 0 Å². The molecule has 0 aliphatic carbocycles. The van der Waals surface area contributed by atoms with E-state index in [0.717, 1.165) is 157 Å². The zero-order valence-electron chi connectivity index (χ0n) is 54.4. The molecule has 474 valence electrons. The molecule has 92 heavy (non-hydrogen) atoms. The van der Waals surface area contributed by atoms with E-state index in [1.54, 1.807) is 0 Å². The molecule has 0 amide bonds. The lowest BCUT2D eigenvalue weighted by Crippen LogP contribution is -2.44. The standard InChI is InChI=1S/C84H98N8/c1-11-31-75(32-12-1)65-85(53-55-87(67-77-35-15-3-16-36-77)57-59-89(69-79-39-19-5-20-40-79)61-63-91(71-81-43-23-7-24-44-81)72-82-45-25-8-26-46-82)51-52-86(66-76-33-13-2-14-34-76)54-56-88(68-78-37-17-4-18-38-78)58-60-90(70-80-41-21-6-22-42-80)62-64-92(73-83-47-27-9-28-48-83)74-84-49-29-10-30-50-84/h1-50H,51-74H2. The zero-order chi connectivity index (χ0) is 62.7. The Bertz CT molecular complexity index is 3150. The molecule has 0 bridgehead atoms. The van der Waals surface area contributed by atoms with Gasteiger partial charge in [-0.1, -0.05) is 303 Å². The van der Waals surface area contributed by atoms with E-state index in [0.29, 0.717) is 0 Å². The summed E-state index contributed by atoms with van der Waals surface area (Å²) in [6, 6.07) is 111. The molecule has 0 saturated carbocycles. The summed E-state index contributed by atoms with van der Waals surface area (Å²) in [4.78, 5) is 21.6. The fourth-order valence-electron chi connectivity index (χ4n) is 12.4. The van der Waals surface area contributed by atoms with Crippen LogP contribution in [0.1, 0.15) is 55.6 Å². The third kappa shape index (κ3) is 24.8. The molecule has 0 aromatic heterocycles. The van der Waals surface area contributed by atoms with Gasteiger partial charge in [-0.25, -0.2) is 0 Å². The first-order valence-corrected chi connectivity index (χ1v) is 33.7. The van der Waals surface area contributed by atoms with Crippen LogP contribution in [-0.4, -0.2) is 131 Å². The molecule has 0 aliphatic rings. The summed E-state index contributed by atoms with van der Waals surface area (Å²) in [5, 5.41) is 0. The van der Waals surface area contributed by atoms with Gasteiger partial charge >= 0.3 is 0 Å². The average molecular weight is 1220 g/mol. The maximum absolute atomic E-state index is 2.74. The van der Waals surface area contributed by atoms with Crippen LogP contribution in [0.5, 0.6) is 0 Å². The predicted octanol–water partition coefficient (Wildman–Crippen LogP) is 15.4. The second-order valence-electron chi connectivity index (χ2n) is 24.9. The quantitative estimate of drug-likeness (QED) is 0.0374. The van der Waals surface area contributed by atoms with Crippen molar-refractivity contribution in [2.45, 2.75) is 65.4 Å². The molecule has 10 rings (SSSR count). The van der Waals surface area contributed by atoms with Crippen LogP contribution in [0, 0.1) is 0 Å². The Morgan fingerprint density at radius 2 is 0.196 bits per heavy atom. The van der Waals surface area contributed by atoms with Crippen molar-refractivity contribution < 1.29 is 0 Å². The summed E-state index contributed by atoms with van der Waals surface area (Å²) in [6.45, 7) is 22.7. The van der Waals surface area contributed by atoms with Crippen LogP contribution in [0.3, 0.4) is 0 Å². The topological polar surface area (TPSA) is 25.9 Å². The van der Waals surface area contributed by atoms with E-state index in [4.69, 9.17) is 0 Å².